The van der Waals surface area contributed by atoms with Crippen molar-refractivity contribution < 1.29 is 9.47 Å². The molecule has 0 saturated carbocycles. The van der Waals surface area contributed by atoms with Crippen molar-refractivity contribution in [1.29, 1.82) is 0 Å². The first-order chi connectivity index (χ1) is 6.69. The second kappa shape index (κ2) is 6.30. The maximum atomic E-state index is 5.17. The Morgan fingerprint density at radius 2 is 1.07 bits per heavy atom. The summed E-state index contributed by atoms with van der Waals surface area (Å²) in [6, 6.07) is 3.96. The molecule has 80 valence electrons. The third kappa shape index (κ3) is 2.95. The molecule has 0 bridgehead atoms. The van der Waals surface area contributed by atoms with Crippen LogP contribution in [0.2, 0.25) is 0 Å². The highest BCUT2D eigenvalue weighted by Gasteiger charge is 2.03. The molecule has 0 aliphatic rings. The molecule has 0 unspecified atom stereocenters. The number of rotatable bonds is 2. The number of benzene rings is 1. The number of methoxy groups -OCH3 is 2. The van der Waals surface area contributed by atoms with Gasteiger partial charge in [-0.05, 0) is 37.1 Å². The molecule has 0 aliphatic carbocycles. The van der Waals surface area contributed by atoms with Crippen molar-refractivity contribution >= 4 is 0 Å². The molecule has 0 spiro atoms. The monoisotopic (exact) mass is 196 g/mol. The molecular formula is C12H20O2. The van der Waals surface area contributed by atoms with Gasteiger partial charge in [0.15, 0.2) is 0 Å². The highest BCUT2D eigenvalue weighted by molar-refractivity contribution is 5.45. The van der Waals surface area contributed by atoms with E-state index in [1.54, 1.807) is 14.2 Å². The summed E-state index contributed by atoms with van der Waals surface area (Å²) in [5, 5.41) is 0. The van der Waals surface area contributed by atoms with Crippen LogP contribution in [0.1, 0.15) is 25.0 Å². The third-order valence-electron chi connectivity index (χ3n) is 1.91. The lowest BCUT2D eigenvalue weighted by Gasteiger charge is -2.09. The van der Waals surface area contributed by atoms with Gasteiger partial charge in [-0.15, -0.1) is 0 Å². The van der Waals surface area contributed by atoms with E-state index in [0.29, 0.717) is 0 Å². The minimum absolute atomic E-state index is 0.910. The fraction of sp³-hybridized carbons (Fsp3) is 0.500. The Labute approximate surface area is 86.9 Å². The number of ether oxygens (including phenoxy) is 2. The van der Waals surface area contributed by atoms with E-state index >= 15 is 0 Å². The molecule has 0 atom stereocenters. The molecule has 14 heavy (non-hydrogen) atoms. The van der Waals surface area contributed by atoms with Crippen LogP contribution in [0.5, 0.6) is 11.5 Å². The van der Waals surface area contributed by atoms with Crippen LogP contribution >= 0.6 is 0 Å². The Morgan fingerprint density at radius 1 is 0.786 bits per heavy atom. The summed E-state index contributed by atoms with van der Waals surface area (Å²) in [5.74, 6) is 1.82. The fourth-order valence-corrected chi connectivity index (χ4v) is 1.20. The maximum Gasteiger partial charge on any atom is 0.122 e. The Hall–Kier alpha value is -1.18. The molecule has 1 rings (SSSR count). The van der Waals surface area contributed by atoms with Gasteiger partial charge < -0.3 is 9.47 Å². The van der Waals surface area contributed by atoms with Crippen LogP contribution < -0.4 is 9.47 Å². The maximum absolute atomic E-state index is 5.17. The highest BCUT2D eigenvalue weighted by atomic mass is 16.5. The van der Waals surface area contributed by atoms with Crippen LogP contribution in [0.15, 0.2) is 12.1 Å². The molecular weight excluding hydrogens is 176 g/mol. The molecule has 0 aromatic heterocycles. The summed E-state index contributed by atoms with van der Waals surface area (Å²) >= 11 is 0. The highest BCUT2D eigenvalue weighted by Crippen LogP contribution is 2.26. The first kappa shape index (κ1) is 12.8. The zero-order chi connectivity index (χ0) is 11.1. The molecule has 0 radical (unpaired) electrons. The van der Waals surface area contributed by atoms with Crippen LogP contribution in [-0.2, 0) is 0 Å². The lowest BCUT2D eigenvalue weighted by molar-refractivity contribution is 0.398. The molecule has 1 aromatic rings. The standard InChI is InChI=1S/C10H14O2.C2H6/c1-7-5-10(12-4)8(2)6-9(7)11-3;1-2/h5-6H,1-4H3;1-2H3. The normalized spacial score (nSPS) is 8.71. The average molecular weight is 196 g/mol. The van der Waals surface area contributed by atoms with E-state index in [9.17, 15) is 0 Å². The van der Waals surface area contributed by atoms with E-state index in [2.05, 4.69) is 0 Å². The van der Waals surface area contributed by atoms with Gasteiger partial charge >= 0.3 is 0 Å². The van der Waals surface area contributed by atoms with E-state index in [-0.39, 0.29) is 0 Å². The lowest BCUT2D eigenvalue weighted by Crippen LogP contribution is -1.92. The van der Waals surface area contributed by atoms with Gasteiger partial charge in [-0.2, -0.15) is 0 Å². The Kier molecular flexibility index (Phi) is 5.77. The Morgan fingerprint density at radius 3 is 1.29 bits per heavy atom. The van der Waals surface area contributed by atoms with Crippen molar-refractivity contribution in [3.63, 3.8) is 0 Å². The van der Waals surface area contributed by atoms with Crippen LogP contribution in [0.25, 0.3) is 0 Å². The molecule has 0 heterocycles. The molecule has 0 saturated heterocycles. The van der Waals surface area contributed by atoms with Gasteiger partial charge in [0.2, 0.25) is 0 Å². The predicted octanol–water partition coefficient (Wildman–Crippen LogP) is 3.35. The number of hydrogen-bond acceptors (Lipinski definition) is 2. The number of hydrogen-bond donors (Lipinski definition) is 0. The van der Waals surface area contributed by atoms with Gasteiger partial charge in [0.25, 0.3) is 0 Å². The zero-order valence-electron chi connectivity index (χ0n) is 9.97. The van der Waals surface area contributed by atoms with Crippen LogP contribution in [0.4, 0.5) is 0 Å². The van der Waals surface area contributed by atoms with Crippen molar-refractivity contribution in [3.05, 3.63) is 23.3 Å². The van der Waals surface area contributed by atoms with Crippen LogP contribution in [0.3, 0.4) is 0 Å². The lowest BCUT2D eigenvalue weighted by atomic mass is 10.1. The molecule has 2 nitrogen and oxygen atoms in total. The van der Waals surface area contributed by atoms with Crippen molar-refractivity contribution in [2.45, 2.75) is 27.7 Å². The van der Waals surface area contributed by atoms with Crippen LogP contribution in [0, 0.1) is 13.8 Å². The number of aryl methyl sites for hydroxylation is 2. The fourth-order valence-electron chi connectivity index (χ4n) is 1.20. The predicted molar refractivity (Wildman–Crippen MR) is 60.4 cm³/mol. The van der Waals surface area contributed by atoms with Crippen molar-refractivity contribution in [1.82, 2.24) is 0 Å². The van der Waals surface area contributed by atoms with Gasteiger partial charge in [0.1, 0.15) is 11.5 Å². The van der Waals surface area contributed by atoms with Gasteiger partial charge in [0, 0.05) is 0 Å². The summed E-state index contributed by atoms with van der Waals surface area (Å²) in [7, 11) is 3.35. The SMILES string of the molecule is CC.COc1cc(C)c(OC)cc1C. The summed E-state index contributed by atoms with van der Waals surface area (Å²) in [6.45, 7) is 8.00. The third-order valence-corrected chi connectivity index (χ3v) is 1.91. The molecule has 0 N–H and O–H groups in total. The van der Waals surface area contributed by atoms with E-state index in [4.69, 9.17) is 9.47 Å². The minimum atomic E-state index is 0.910. The minimum Gasteiger partial charge on any atom is -0.496 e. The van der Waals surface area contributed by atoms with Gasteiger partial charge in [-0.25, -0.2) is 0 Å². The van der Waals surface area contributed by atoms with Crippen LogP contribution in [-0.4, -0.2) is 14.2 Å². The average Bonchev–Trinajstić information content (AvgIpc) is 2.23. The Balaban J connectivity index is 0.000000791. The van der Waals surface area contributed by atoms with Gasteiger partial charge in [-0.1, -0.05) is 13.8 Å². The molecule has 2 heteroatoms. The summed E-state index contributed by atoms with van der Waals surface area (Å²) in [6.07, 6.45) is 0. The van der Waals surface area contributed by atoms with E-state index in [1.165, 1.54) is 0 Å². The largest absolute Gasteiger partial charge is 0.496 e. The quantitative estimate of drug-likeness (QED) is 0.722. The molecule has 1 aromatic carbocycles. The molecule has 0 fully saturated rings. The van der Waals surface area contributed by atoms with Crippen molar-refractivity contribution in [2.75, 3.05) is 14.2 Å². The smallest absolute Gasteiger partial charge is 0.122 e. The van der Waals surface area contributed by atoms with Crippen molar-refractivity contribution in [2.24, 2.45) is 0 Å². The summed E-state index contributed by atoms with van der Waals surface area (Å²) < 4.78 is 10.3. The zero-order valence-corrected chi connectivity index (χ0v) is 9.97. The second-order valence-corrected chi connectivity index (χ2v) is 2.79. The van der Waals surface area contributed by atoms with E-state index in [0.717, 1.165) is 22.6 Å². The molecule has 0 amide bonds. The van der Waals surface area contributed by atoms with E-state index < -0.39 is 0 Å². The van der Waals surface area contributed by atoms with E-state index in [1.807, 2.05) is 39.8 Å². The Bertz CT molecular complexity index is 250. The first-order valence-corrected chi connectivity index (χ1v) is 4.88. The van der Waals surface area contributed by atoms with Crippen molar-refractivity contribution in [3.8, 4) is 11.5 Å². The summed E-state index contributed by atoms with van der Waals surface area (Å²) in [4.78, 5) is 0. The molecule has 0 aliphatic heterocycles. The first-order valence-electron chi connectivity index (χ1n) is 4.88. The second-order valence-electron chi connectivity index (χ2n) is 2.79. The van der Waals surface area contributed by atoms with Gasteiger partial charge in [0.05, 0.1) is 14.2 Å². The summed E-state index contributed by atoms with van der Waals surface area (Å²) in [5.41, 5.74) is 2.19. The topological polar surface area (TPSA) is 18.5 Å². The van der Waals surface area contributed by atoms with Gasteiger partial charge in [-0.3, -0.25) is 0 Å².